The van der Waals surface area contributed by atoms with Crippen LogP contribution in [-0.2, 0) is 29.0 Å². The van der Waals surface area contributed by atoms with Gasteiger partial charge in [0.05, 0.1) is 38.4 Å². The van der Waals surface area contributed by atoms with Crippen molar-refractivity contribution in [1.29, 1.82) is 0 Å². The predicted octanol–water partition coefficient (Wildman–Crippen LogP) is 2.11. The van der Waals surface area contributed by atoms with E-state index < -0.39 is 16.3 Å². The molecule has 2 aromatic carbocycles. The molecule has 0 bridgehead atoms. The lowest BCUT2D eigenvalue weighted by atomic mass is 9.93. The van der Waals surface area contributed by atoms with Crippen molar-refractivity contribution < 1.29 is 41.7 Å². The van der Waals surface area contributed by atoms with Crippen LogP contribution in [0, 0.1) is 5.82 Å². The Morgan fingerprint density at radius 1 is 1.10 bits per heavy atom. The minimum atomic E-state index is -3.91. The Kier molecular flexibility index (Phi) is 9.92. The molecule has 4 rings (SSSR count). The smallest absolute Gasteiger partial charge is 0.288 e. The Labute approximate surface area is 227 Å². The first-order valence-electron chi connectivity index (χ1n) is 12.7. The summed E-state index contributed by atoms with van der Waals surface area (Å²) in [4.78, 5) is 14.9. The van der Waals surface area contributed by atoms with Crippen molar-refractivity contribution in [2.24, 2.45) is 0 Å². The number of morpholine rings is 1. The SMILES string of the molecule is COc1ccc(S(=O)(=O)N(CCO)CCO[C@H]2C[C@@H](c3ccc(F)cc3)C=C(C(=O)N3CCOCC3)O2)cc1. The number of carbonyl (C=O) groups is 1. The average Bonchev–Trinajstić information content (AvgIpc) is 2.97. The van der Waals surface area contributed by atoms with Gasteiger partial charge in [-0.05, 0) is 48.0 Å². The summed E-state index contributed by atoms with van der Waals surface area (Å²) >= 11 is 0. The summed E-state index contributed by atoms with van der Waals surface area (Å²) in [6.07, 6.45) is 1.22. The fourth-order valence-electron chi connectivity index (χ4n) is 4.42. The molecule has 2 atom stereocenters. The normalized spacial score (nSPS) is 19.9. The third-order valence-corrected chi connectivity index (χ3v) is 8.47. The van der Waals surface area contributed by atoms with Gasteiger partial charge in [0.15, 0.2) is 5.76 Å². The number of sulfonamides is 1. The molecule has 2 aromatic rings. The fourth-order valence-corrected chi connectivity index (χ4v) is 5.84. The minimum absolute atomic E-state index is 0.0464. The number of halogens is 1. The van der Waals surface area contributed by atoms with Crippen molar-refractivity contribution in [3.63, 3.8) is 0 Å². The van der Waals surface area contributed by atoms with E-state index in [1.807, 2.05) is 0 Å². The van der Waals surface area contributed by atoms with Crippen LogP contribution < -0.4 is 4.74 Å². The number of ether oxygens (including phenoxy) is 4. The second-order valence-electron chi connectivity index (χ2n) is 9.05. The Morgan fingerprint density at radius 3 is 2.44 bits per heavy atom. The number of allylic oxidation sites excluding steroid dienone is 1. The van der Waals surface area contributed by atoms with Crippen molar-refractivity contribution in [3.8, 4) is 5.75 Å². The van der Waals surface area contributed by atoms with E-state index in [9.17, 15) is 22.7 Å². The summed E-state index contributed by atoms with van der Waals surface area (Å²) in [5, 5.41) is 9.50. The van der Waals surface area contributed by atoms with Crippen LogP contribution in [0.3, 0.4) is 0 Å². The van der Waals surface area contributed by atoms with Gasteiger partial charge >= 0.3 is 0 Å². The molecule has 2 aliphatic rings. The molecule has 2 aliphatic heterocycles. The second kappa shape index (κ2) is 13.4. The monoisotopic (exact) mass is 564 g/mol. The number of hydrogen-bond acceptors (Lipinski definition) is 8. The molecular formula is C27H33FN2O8S. The quantitative estimate of drug-likeness (QED) is 0.442. The van der Waals surface area contributed by atoms with Gasteiger partial charge in [-0.2, -0.15) is 4.31 Å². The van der Waals surface area contributed by atoms with Crippen molar-refractivity contribution in [3.05, 3.63) is 71.7 Å². The van der Waals surface area contributed by atoms with Crippen molar-refractivity contribution >= 4 is 15.9 Å². The topological polar surface area (TPSA) is 115 Å². The maximum Gasteiger partial charge on any atom is 0.288 e. The molecule has 212 valence electrons. The van der Waals surface area contributed by atoms with Gasteiger partial charge < -0.3 is 29.0 Å². The van der Waals surface area contributed by atoms with Crippen LogP contribution in [-0.4, -0.2) is 94.6 Å². The third-order valence-electron chi connectivity index (χ3n) is 6.56. The van der Waals surface area contributed by atoms with E-state index in [1.165, 1.54) is 31.4 Å². The summed E-state index contributed by atoms with van der Waals surface area (Å²) in [6.45, 7) is 1.15. The standard InChI is InChI=1S/C27H33FN2O8S/c1-35-23-6-8-24(9-7-23)39(33,34)30(10-14-31)13-17-37-26-19-21(20-2-4-22(28)5-3-20)18-25(38-26)27(32)29-11-15-36-16-12-29/h2-9,18,21,26,31H,10-17,19H2,1H3/t21-,26+/m0/s1. The second-order valence-corrected chi connectivity index (χ2v) is 11.0. The van der Waals surface area contributed by atoms with Crippen LogP contribution in [0.25, 0.3) is 0 Å². The number of hydrogen-bond donors (Lipinski definition) is 1. The Hall–Kier alpha value is -3.03. The molecule has 1 N–H and O–H groups in total. The van der Waals surface area contributed by atoms with Gasteiger partial charge in [0.2, 0.25) is 16.3 Å². The first-order valence-corrected chi connectivity index (χ1v) is 14.1. The largest absolute Gasteiger partial charge is 0.497 e. The first kappa shape index (κ1) is 29.0. The first-order chi connectivity index (χ1) is 18.8. The number of rotatable bonds is 11. The lowest BCUT2D eigenvalue weighted by Crippen LogP contribution is -2.43. The van der Waals surface area contributed by atoms with Crippen LogP contribution in [0.2, 0.25) is 0 Å². The van der Waals surface area contributed by atoms with Crippen molar-refractivity contribution in [1.82, 2.24) is 9.21 Å². The van der Waals surface area contributed by atoms with E-state index in [0.717, 1.165) is 9.87 Å². The average molecular weight is 565 g/mol. The van der Waals surface area contributed by atoms with Gasteiger partial charge in [-0.3, -0.25) is 4.79 Å². The fraction of sp³-hybridized carbons (Fsp3) is 0.444. The Bertz CT molecular complexity index is 1230. The highest BCUT2D eigenvalue weighted by Gasteiger charge is 2.32. The number of carbonyl (C=O) groups excluding carboxylic acids is 1. The molecule has 2 heterocycles. The van der Waals surface area contributed by atoms with E-state index in [2.05, 4.69) is 0 Å². The molecule has 1 amide bonds. The van der Waals surface area contributed by atoms with Gasteiger partial charge in [0.25, 0.3) is 5.91 Å². The summed E-state index contributed by atoms with van der Waals surface area (Å²) in [7, 11) is -2.42. The number of aliphatic hydroxyl groups excluding tert-OH is 1. The highest BCUT2D eigenvalue weighted by atomic mass is 32.2. The van der Waals surface area contributed by atoms with Crippen LogP contribution in [0.4, 0.5) is 4.39 Å². The van der Waals surface area contributed by atoms with Crippen LogP contribution in [0.5, 0.6) is 5.75 Å². The molecule has 10 nitrogen and oxygen atoms in total. The number of benzene rings is 2. The predicted molar refractivity (Wildman–Crippen MR) is 139 cm³/mol. The van der Waals surface area contributed by atoms with E-state index in [1.54, 1.807) is 35.2 Å². The highest BCUT2D eigenvalue weighted by molar-refractivity contribution is 7.89. The Morgan fingerprint density at radius 2 is 1.79 bits per heavy atom. The summed E-state index contributed by atoms with van der Waals surface area (Å²) in [5.74, 6) is -0.287. The number of aliphatic hydroxyl groups is 1. The summed E-state index contributed by atoms with van der Waals surface area (Å²) in [5.41, 5.74) is 0.796. The van der Waals surface area contributed by atoms with Crippen molar-refractivity contribution in [2.45, 2.75) is 23.5 Å². The van der Waals surface area contributed by atoms with Crippen LogP contribution >= 0.6 is 0 Å². The maximum atomic E-state index is 13.5. The van der Waals surface area contributed by atoms with Crippen LogP contribution in [0.15, 0.2) is 65.3 Å². The van der Waals surface area contributed by atoms with Gasteiger partial charge in [-0.1, -0.05) is 12.1 Å². The third kappa shape index (κ3) is 7.34. The Balaban J connectivity index is 1.46. The van der Waals surface area contributed by atoms with Crippen molar-refractivity contribution in [2.75, 3.05) is 59.7 Å². The molecule has 0 spiro atoms. The minimum Gasteiger partial charge on any atom is -0.497 e. The molecule has 0 aliphatic carbocycles. The molecule has 0 saturated carbocycles. The van der Waals surface area contributed by atoms with Gasteiger partial charge in [0.1, 0.15) is 11.6 Å². The number of methoxy groups -OCH3 is 1. The van der Waals surface area contributed by atoms with E-state index >= 15 is 0 Å². The molecule has 12 heteroatoms. The zero-order valence-electron chi connectivity index (χ0n) is 21.7. The maximum absolute atomic E-state index is 13.5. The molecule has 1 fully saturated rings. The molecule has 0 aromatic heterocycles. The lowest BCUT2D eigenvalue weighted by molar-refractivity contribution is -0.155. The van der Waals surface area contributed by atoms with E-state index in [4.69, 9.17) is 18.9 Å². The van der Waals surface area contributed by atoms with E-state index in [0.29, 0.717) is 38.5 Å². The highest BCUT2D eigenvalue weighted by Crippen LogP contribution is 2.32. The lowest BCUT2D eigenvalue weighted by Gasteiger charge is -2.33. The van der Waals surface area contributed by atoms with Gasteiger partial charge in [0, 0.05) is 38.5 Å². The molecule has 0 radical (unpaired) electrons. The molecule has 1 saturated heterocycles. The molecule has 0 unspecified atom stereocenters. The zero-order valence-corrected chi connectivity index (χ0v) is 22.5. The summed E-state index contributed by atoms with van der Waals surface area (Å²) < 4.78 is 63.3. The van der Waals surface area contributed by atoms with Gasteiger partial charge in [-0.15, -0.1) is 0 Å². The van der Waals surface area contributed by atoms with Crippen LogP contribution in [0.1, 0.15) is 17.9 Å². The van der Waals surface area contributed by atoms with Gasteiger partial charge in [-0.25, -0.2) is 12.8 Å². The zero-order chi connectivity index (χ0) is 27.8. The number of amides is 1. The number of nitrogens with zero attached hydrogens (tertiary/aromatic N) is 2. The van der Waals surface area contributed by atoms with E-state index in [-0.39, 0.29) is 54.6 Å². The summed E-state index contributed by atoms with van der Waals surface area (Å²) in [6, 6.07) is 12.0. The molecular weight excluding hydrogens is 531 g/mol. The molecule has 39 heavy (non-hydrogen) atoms.